The summed E-state index contributed by atoms with van der Waals surface area (Å²) in [4.78, 5) is 0. The van der Waals surface area contributed by atoms with Crippen molar-refractivity contribution >= 4 is 0 Å². The molecule has 1 aromatic heterocycles. The number of benzene rings is 2. The van der Waals surface area contributed by atoms with Crippen LogP contribution >= 0.6 is 0 Å². The number of hydrogen-bond donors (Lipinski definition) is 1. The van der Waals surface area contributed by atoms with Crippen molar-refractivity contribution in [2.45, 2.75) is 12.2 Å². The number of halogens is 3. The van der Waals surface area contributed by atoms with Crippen LogP contribution in [0.3, 0.4) is 0 Å². The average Bonchev–Trinajstić information content (AvgIpc) is 3.06. The van der Waals surface area contributed by atoms with E-state index >= 15 is 0 Å². The van der Waals surface area contributed by atoms with Crippen molar-refractivity contribution in [2.75, 3.05) is 6.61 Å². The van der Waals surface area contributed by atoms with Crippen molar-refractivity contribution in [3.63, 3.8) is 0 Å². The Labute approximate surface area is 136 Å². The van der Waals surface area contributed by atoms with Gasteiger partial charge in [-0.1, -0.05) is 47.7 Å². The molecule has 0 amide bonds. The van der Waals surface area contributed by atoms with Crippen LogP contribution in [0.2, 0.25) is 0 Å². The minimum Gasteiger partial charge on any atom is -0.394 e. The lowest BCUT2D eigenvalue weighted by molar-refractivity contribution is -0.137. The van der Waals surface area contributed by atoms with Crippen LogP contribution < -0.4 is 0 Å². The van der Waals surface area contributed by atoms with Crippen molar-refractivity contribution in [3.05, 3.63) is 71.9 Å². The minimum atomic E-state index is -4.37. The average molecular weight is 333 g/mol. The quantitative estimate of drug-likeness (QED) is 0.794. The Morgan fingerprint density at radius 2 is 1.67 bits per heavy atom. The van der Waals surface area contributed by atoms with E-state index in [0.717, 1.165) is 17.7 Å². The van der Waals surface area contributed by atoms with E-state index in [1.165, 1.54) is 16.8 Å². The zero-order valence-electron chi connectivity index (χ0n) is 12.5. The lowest BCUT2D eigenvalue weighted by Gasteiger charge is -2.14. The number of hydrogen-bond acceptors (Lipinski definition) is 3. The Hall–Kier alpha value is -2.67. The molecule has 0 aliphatic carbocycles. The van der Waals surface area contributed by atoms with Gasteiger partial charge < -0.3 is 5.11 Å². The van der Waals surface area contributed by atoms with Crippen LogP contribution in [-0.4, -0.2) is 26.7 Å². The fraction of sp³-hybridized carbons (Fsp3) is 0.176. The van der Waals surface area contributed by atoms with Gasteiger partial charge in [-0.25, -0.2) is 4.68 Å². The third-order valence-corrected chi connectivity index (χ3v) is 3.69. The summed E-state index contributed by atoms with van der Waals surface area (Å²) in [5.74, 6) is 0. The standard InChI is InChI=1S/C17H14F3N3O/c18-17(19,20)14-8-6-12(7-9-14)15-10-23(22-21-15)16(11-24)13-4-2-1-3-5-13/h1-10,16,24H,11H2. The smallest absolute Gasteiger partial charge is 0.394 e. The van der Waals surface area contributed by atoms with E-state index in [1.54, 1.807) is 6.20 Å². The monoisotopic (exact) mass is 333 g/mol. The molecule has 2 aromatic carbocycles. The number of alkyl halides is 3. The largest absolute Gasteiger partial charge is 0.416 e. The number of aliphatic hydroxyl groups is 1. The fourth-order valence-corrected chi connectivity index (χ4v) is 2.41. The molecule has 24 heavy (non-hydrogen) atoms. The Balaban J connectivity index is 1.87. The van der Waals surface area contributed by atoms with E-state index < -0.39 is 17.8 Å². The van der Waals surface area contributed by atoms with Crippen molar-refractivity contribution in [1.82, 2.24) is 15.0 Å². The lowest BCUT2D eigenvalue weighted by atomic mass is 10.1. The zero-order valence-corrected chi connectivity index (χ0v) is 12.5. The topological polar surface area (TPSA) is 50.9 Å². The first-order valence-corrected chi connectivity index (χ1v) is 7.24. The van der Waals surface area contributed by atoms with Crippen molar-refractivity contribution in [3.8, 4) is 11.3 Å². The molecule has 0 spiro atoms. The Morgan fingerprint density at radius 3 is 2.25 bits per heavy atom. The molecule has 3 rings (SSSR count). The highest BCUT2D eigenvalue weighted by Crippen LogP contribution is 2.30. The molecule has 1 N–H and O–H groups in total. The lowest BCUT2D eigenvalue weighted by Crippen LogP contribution is -2.15. The van der Waals surface area contributed by atoms with Crippen LogP contribution in [0.1, 0.15) is 17.2 Å². The first-order chi connectivity index (χ1) is 11.5. The molecule has 0 fully saturated rings. The van der Waals surface area contributed by atoms with Crippen LogP contribution in [0.15, 0.2) is 60.8 Å². The summed E-state index contributed by atoms with van der Waals surface area (Å²) < 4.78 is 39.3. The third kappa shape index (κ3) is 3.30. The van der Waals surface area contributed by atoms with Gasteiger partial charge in [-0.15, -0.1) is 5.10 Å². The van der Waals surface area contributed by atoms with Gasteiger partial charge in [0.1, 0.15) is 11.7 Å². The third-order valence-electron chi connectivity index (χ3n) is 3.69. The zero-order chi connectivity index (χ0) is 17.2. The van der Waals surface area contributed by atoms with Crippen LogP contribution in [0.25, 0.3) is 11.3 Å². The summed E-state index contributed by atoms with van der Waals surface area (Å²) in [7, 11) is 0. The molecular weight excluding hydrogens is 319 g/mol. The molecule has 0 saturated carbocycles. The number of aliphatic hydroxyl groups excluding tert-OH is 1. The van der Waals surface area contributed by atoms with Crippen LogP contribution in [0.4, 0.5) is 13.2 Å². The minimum absolute atomic E-state index is 0.167. The van der Waals surface area contributed by atoms with E-state index in [-0.39, 0.29) is 6.61 Å². The van der Waals surface area contributed by atoms with Gasteiger partial charge in [0.2, 0.25) is 0 Å². The summed E-state index contributed by atoms with van der Waals surface area (Å²) in [5, 5.41) is 17.6. The molecule has 3 aromatic rings. The van der Waals surface area contributed by atoms with Crippen molar-refractivity contribution in [2.24, 2.45) is 0 Å². The molecule has 7 heteroatoms. The maximum Gasteiger partial charge on any atom is 0.416 e. The first-order valence-electron chi connectivity index (χ1n) is 7.24. The Bertz CT molecular complexity index is 798. The predicted octanol–water partition coefficient (Wildman–Crippen LogP) is 3.55. The molecular formula is C17H14F3N3O. The molecule has 0 radical (unpaired) electrons. The Morgan fingerprint density at radius 1 is 1.00 bits per heavy atom. The molecule has 1 unspecified atom stereocenters. The van der Waals surface area contributed by atoms with Gasteiger partial charge >= 0.3 is 6.18 Å². The molecule has 0 bridgehead atoms. The van der Waals surface area contributed by atoms with E-state index in [2.05, 4.69) is 10.3 Å². The molecule has 124 valence electrons. The SMILES string of the molecule is OCC(c1ccccc1)n1cc(-c2ccc(C(F)(F)F)cc2)nn1. The number of rotatable bonds is 4. The summed E-state index contributed by atoms with van der Waals surface area (Å²) >= 11 is 0. The molecule has 0 aliphatic rings. The van der Waals surface area contributed by atoms with Gasteiger partial charge in [-0.05, 0) is 17.7 Å². The van der Waals surface area contributed by atoms with Gasteiger partial charge in [0.25, 0.3) is 0 Å². The van der Waals surface area contributed by atoms with Crippen LogP contribution in [0, 0.1) is 0 Å². The van der Waals surface area contributed by atoms with Gasteiger partial charge in [0, 0.05) is 5.56 Å². The molecule has 4 nitrogen and oxygen atoms in total. The van der Waals surface area contributed by atoms with Crippen LogP contribution in [0.5, 0.6) is 0 Å². The van der Waals surface area contributed by atoms with E-state index in [0.29, 0.717) is 11.3 Å². The highest BCUT2D eigenvalue weighted by Gasteiger charge is 2.30. The van der Waals surface area contributed by atoms with Gasteiger partial charge in [0.15, 0.2) is 0 Å². The maximum absolute atomic E-state index is 12.6. The van der Waals surface area contributed by atoms with Crippen molar-refractivity contribution in [1.29, 1.82) is 0 Å². The highest BCUT2D eigenvalue weighted by atomic mass is 19.4. The molecule has 0 aliphatic heterocycles. The number of nitrogens with zero attached hydrogens (tertiary/aromatic N) is 3. The second-order valence-electron chi connectivity index (χ2n) is 5.27. The Kier molecular flexibility index (Phi) is 4.35. The van der Waals surface area contributed by atoms with Gasteiger partial charge in [0.05, 0.1) is 18.4 Å². The maximum atomic E-state index is 12.6. The predicted molar refractivity (Wildman–Crippen MR) is 82.1 cm³/mol. The summed E-state index contributed by atoms with van der Waals surface area (Å²) in [6, 6.07) is 13.6. The number of aromatic nitrogens is 3. The highest BCUT2D eigenvalue weighted by molar-refractivity contribution is 5.58. The van der Waals surface area contributed by atoms with Gasteiger partial charge in [-0.2, -0.15) is 13.2 Å². The van der Waals surface area contributed by atoms with E-state index in [4.69, 9.17) is 0 Å². The normalized spacial score (nSPS) is 13.0. The fourth-order valence-electron chi connectivity index (χ4n) is 2.41. The van der Waals surface area contributed by atoms with E-state index in [9.17, 15) is 18.3 Å². The summed E-state index contributed by atoms with van der Waals surface area (Å²) in [6.45, 7) is -0.167. The second kappa shape index (κ2) is 6.45. The molecule has 0 saturated heterocycles. The van der Waals surface area contributed by atoms with Crippen molar-refractivity contribution < 1.29 is 18.3 Å². The summed E-state index contributed by atoms with van der Waals surface area (Å²) in [6.07, 6.45) is -2.76. The molecule has 1 atom stereocenters. The van der Waals surface area contributed by atoms with Gasteiger partial charge in [-0.3, -0.25) is 0 Å². The second-order valence-corrected chi connectivity index (χ2v) is 5.27. The summed E-state index contributed by atoms with van der Waals surface area (Å²) in [5.41, 5.74) is 1.12. The molecule has 1 heterocycles. The van der Waals surface area contributed by atoms with E-state index in [1.807, 2.05) is 30.3 Å². The van der Waals surface area contributed by atoms with Crippen LogP contribution in [-0.2, 0) is 6.18 Å². The first kappa shape index (κ1) is 16.2.